The zero-order chi connectivity index (χ0) is 16.6. The van der Waals surface area contributed by atoms with E-state index >= 15 is 0 Å². The van der Waals surface area contributed by atoms with Crippen LogP contribution in [0.4, 0.5) is 15.9 Å². The molecule has 0 aliphatic heterocycles. The van der Waals surface area contributed by atoms with Gasteiger partial charge in [-0.3, -0.25) is 4.79 Å². The largest absolute Gasteiger partial charge is 0.363 e. The Hall–Kier alpha value is -2.44. The standard InChI is InChI=1S/C15H9Cl2FN4O/c16-8-5-10(18)12(6-9(8)17)21-14-7-3-1-2-4-11(7)20-15(22-14)13(19)23/h1-6H,(H2,19,23)(H,20,21,22). The van der Waals surface area contributed by atoms with Gasteiger partial charge in [0, 0.05) is 5.39 Å². The number of nitrogens with two attached hydrogens (primary N) is 1. The average Bonchev–Trinajstić information content (AvgIpc) is 2.52. The first-order valence-corrected chi connectivity index (χ1v) is 7.19. The van der Waals surface area contributed by atoms with E-state index in [9.17, 15) is 9.18 Å². The molecule has 1 heterocycles. The molecule has 0 atom stereocenters. The number of aromatic nitrogens is 2. The molecule has 23 heavy (non-hydrogen) atoms. The lowest BCUT2D eigenvalue weighted by atomic mass is 10.2. The third-order valence-electron chi connectivity index (χ3n) is 3.09. The van der Waals surface area contributed by atoms with Crippen LogP contribution in [-0.4, -0.2) is 15.9 Å². The topological polar surface area (TPSA) is 80.9 Å². The fraction of sp³-hybridized carbons (Fsp3) is 0. The molecule has 5 nitrogen and oxygen atoms in total. The van der Waals surface area contributed by atoms with Gasteiger partial charge in [0.2, 0.25) is 5.82 Å². The predicted octanol–water partition coefficient (Wildman–Crippen LogP) is 3.92. The van der Waals surface area contributed by atoms with E-state index in [0.717, 1.165) is 6.07 Å². The minimum atomic E-state index is -0.784. The number of nitrogens with zero attached hydrogens (tertiary/aromatic N) is 2. The Morgan fingerprint density at radius 3 is 2.57 bits per heavy atom. The van der Waals surface area contributed by atoms with Crippen LogP contribution in [0.5, 0.6) is 0 Å². The van der Waals surface area contributed by atoms with Gasteiger partial charge in [-0.15, -0.1) is 0 Å². The van der Waals surface area contributed by atoms with E-state index in [0.29, 0.717) is 10.9 Å². The Morgan fingerprint density at radius 2 is 1.83 bits per heavy atom. The molecule has 8 heteroatoms. The number of carbonyl (C=O) groups is 1. The molecule has 0 fully saturated rings. The van der Waals surface area contributed by atoms with Crippen LogP contribution >= 0.6 is 23.2 Å². The Kier molecular flexibility index (Phi) is 4.02. The van der Waals surface area contributed by atoms with Crippen molar-refractivity contribution in [1.82, 2.24) is 9.97 Å². The Balaban J connectivity index is 2.16. The average molecular weight is 351 g/mol. The summed E-state index contributed by atoms with van der Waals surface area (Å²) in [6.45, 7) is 0. The van der Waals surface area contributed by atoms with Crippen LogP contribution in [0.15, 0.2) is 36.4 Å². The van der Waals surface area contributed by atoms with Crippen LogP contribution < -0.4 is 11.1 Å². The molecule has 0 unspecified atom stereocenters. The zero-order valence-corrected chi connectivity index (χ0v) is 13.0. The number of halogens is 3. The van der Waals surface area contributed by atoms with Crippen molar-refractivity contribution in [3.05, 3.63) is 58.1 Å². The van der Waals surface area contributed by atoms with Gasteiger partial charge in [-0.05, 0) is 24.3 Å². The third-order valence-corrected chi connectivity index (χ3v) is 3.81. The van der Waals surface area contributed by atoms with Crippen LogP contribution in [0.25, 0.3) is 10.9 Å². The number of anilines is 2. The number of carbonyl (C=O) groups excluding carboxylic acids is 1. The van der Waals surface area contributed by atoms with Gasteiger partial charge in [0.1, 0.15) is 11.6 Å². The van der Waals surface area contributed by atoms with E-state index in [-0.39, 0.29) is 27.4 Å². The van der Waals surface area contributed by atoms with E-state index in [2.05, 4.69) is 15.3 Å². The number of hydrogen-bond donors (Lipinski definition) is 2. The second-order valence-corrected chi connectivity index (χ2v) is 5.46. The van der Waals surface area contributed by atoms with E-state index in [1.807, 2.05) is 0 Å². The number of para-hydroxylation sites is 1. The Morgan fingerprint density at radius 1 is 1.13 bits per heavy atom. The summed E-state index contributed by atoms with van der Waals surface area (Å²) in [6, 6.07) is 9.37. The first-order chi connectivity index (χ1) is 11.0. The molecule has 2 aromatic carbocycles. The van der Waals surface area contributed by atoms with Crippen molar-refractivity contribution in [2.75, 3.05) is 5.32 Å². The number of fused-ring (bicyclic) bond motifs is 1. The van der Waals surface area contributed by atoms with Gasteiger partial charge in [0.25, 0.3) is 5.91 Å². The van der Waals surface area contributed by atoms with Crippen molar-refractivity contribution in [3.8, 4) is 0 Å². The molecule has 3 aromatic rings. The highest BCUT2D eigenvalue weighted by Gasteiger charge is 2.14. The fourth-order valence-corrected chi connectivity index (χ4v) is 2.34. The summed E-state index contributed by atoms with van der Waals surface area (Å²) < 4.78 is 14.0. The second kappa shape index (κ2) is 5.98. The van der Waals surface area contributed by atoms with Crippen molar-refractivity contribution < 1.29 is 9.18 Å². The quantitative estimate of drug-likeness (QED) is 0.701. The Labute approximate surface area is 140 Å². The van der Waals surface area contributed by atoms with Crippen LogP contribution in [-0.2, 0) is 0 Å². The van der Waals surface area contributed by atoms with Crippen molar-refractivity contribution in [2.45, 2.75) is 0 Å². The van der Waals surface area contributed by atoms with Gasteiger partial charge >= 0.3 is 0 Å². The Bertz CT molecular complexity index is 933. The maximum Gasteiger partial charge on any atom is 0.286 e. The maximum atomic E-state index is 14.0. The summed E-state index contributed by atoms with van der Waals surface area (Å²) in [5.74, 6) is -1.33. The molecule has 116 valence electrons. The van der Waals surface area contributed by atoms with Crippen molar-refractivity contribution >= 4 is 51.5 Å². The lowest BCUT2D eigenvalue weighted by Crippen LogP contribution is -2.16. The van der Waals surface area contributed by atoms with Crippen molar-refractivity contribution in [3.63, 3.8) is 0 Å². The molecule has 0 saturated carbocycles. The van der Waals surface area contributed by atoms with Crippen LogP contribution in [0.3, 0.4) is 0 Å². The highest BCUT2D eigenvalue weighted by atomic mass is 35.5. The SMILES string of the molecule is NC(=O)c1nc(Nc2cc(Cl)c(Cl)cc2F)c2ccccc2n1. The molecule has 0 saturated heterocycles. The second-order valence-electron chi connectivity index (χ2n) is 4.65. The number of benzene rings is 2. The normalized spacial score (nSPS) is 10.7. The van der Waals surface area contributed by atoms with Crippen molar-refractivity contribution in [2.24, 2.45) is 5.73 Å². The molecule has 1 amide bonds. The summed E-state index contributed by atoms with van der Waals surface area (Å²) in [5.41, 5.74) is 5.80. The van der Waals surface area contributed by atoms with Crippen LogP contribution in [0.1, 0.15) is 10.6 Å². The number of hydrogen-bond acceptors (Lipinski definition) is 4. The molecule has 3 N–H and O–H groups in total. The van der Waals surface area contributed by atoms with Crippen LogP contribution in [0, 0.1) is 5.82 Å². The smallest absolute Gasteiger partial charge is 0.286 e. The predicted molar refractivity (Wildman–Crippen MR) is 87.8 cm³/mol. The fourth-order valence-electron chi connectivity index (χ4n) is 2.03. The summed E-state index contributed by atoms with van der Waals surface area (Å²) in [5, 5.41) is 3.68. The van der Waals surface area contributed by atoms with E-state index in [1.165, 1.54) is 6.07 Å². The summed E-state index contributed by atoms with van der Waals surface area (Å²) in [6.07, 6.45) is 0. The minimum absolute atomic E-state index is 0.0682. The molecule has 0 aliphatic rings. The summed E-state index contributed by atoms with van der Waals surface area (Å²) in [7, 11) is 0. The molecular formula is C15H9Cl2FN4O. The lowest BCUT2D eigenvalue weighted by Gasteiger charge is -2.11. The van der Waals surface area contributed by atoms with Gasteiger partial charge < -0.3 is 11.1 Å². The van der Waals surface area contributed by atoms with Gasteiger partial charge in [0.05, 0.1) is 21.2 Å². The third kappa shape index (κ3) is 3.04. The molecule has 1 aromatic heterocycles. The number of rotatable bonds is 3. The first kappa shape index (κ1) is 15.5. The molecule has 0 bridgehead atoms. The van der Waals surface area contributed by atoms with Crippen LogP contribution in [0.2, 0.25) is 10.0 Å². The lowest BCUT2D eigenvalue weighted by molar-refractivity contribution is 0.0991. The highest BCUT2D eigenvalue weighted by Crippen LogP contribution is 2.31. The van der Waals surface area contributed by atoms with E-state index in [1.54, 1.807) is 24.3 Å². The van der Waals surface area contributed by atoms with Gasteiger partial charge in [-0.2, -0.15) is 0 Å². The van der Waals surface area contributed by atoms with E-state index in [4.69, 9.17) is 28.9 Å². The van der Waals surface area contributed by atoms with Gasteiger partial charge in [0.15, 0.2) is 0 Å². The number of primary amides is 1. The maximum absolute atomic E-state index is 14.0. The van der Waals surface area contributed by atoms with Crippen molar-refractivity contribution in [1.29, 1.82) is 0 Å². The molecule has 0 radical (unpaired) electrons. The number of nitrogens with one attached hydrogen (secondary N) is 1. The number of amides is 1. The highest BCUT2D eigenvalue weighted by molar-refractivity contribution is 6.42. The molecule has 0 spiro atoms. The summed E-state index contributed by atoms with van der Waals surface area (Å²) >= 11 is 11.7. The van der Waals surface area contributed by atoms with E-state index < -0.39 is 11.7 Å². The van der Waals surface area contributed by atoms with Gasteiger partial charge in [-0.1, -0.05) is 35.3 Å². The molecule has 0 aliphatic carbocycles. The first-order valence-electron chi connectivity index (χ1n) is 6.44. The summed E-state index contributed by atoms with van der Waals surface area (Å²) in [4.78, 5) is 19.5. The molecule has 3 rings (SSSR count). The van der Waals surface area contributed by atoms with Gasteiger partial charge in [-0.25, -0.2) is 14.4 Å². The monoisotopic (exact) mass is 350 g/mol. The minimum Gasteiger partial charge on any atom is -0.363 e. The zero-order valence-electron chi connectivity index (χ0n) is 11.5. The molecular weight excluding hydrogens is 342 g/mol.